The Morgan fingerprint density at radius 3 is 2.67 bits per heavy atom. The van der Waals surface area contributed by atoms with Crippen molar-refractivity contribution in [3.05, 3.63) is 64.7 Å². The number of amides is 1. The van der Waals surface area contributed by atoms with Crippen LogP contribution in [0.2, 0.25) is 5.02 Å². The van der Waals surface area contributed by atoms with Crippen LogP contribution in [-0.2, 0) is 16.0 Å². The Morgan fingerprint density at radius 1 is 1.20 bits per heavy atom. The van der Waals surface area contributed by atoms with Crippen molar-refractivity contribution in [2.75, 3.05) is 53.6 Å². The molecular formula is C23H29ClN2O4. The van der Waals surface area contributed by atoms with Crippen molar-refractivity contribution in [1.29, 1.82) is 0 Å². The number of benzene rings is 2. The van der Waals surface area contributed by atoms with Gasteiger partial charge in [0.25, 0.3) is 5.91 Å². The van der Waals surface area contributed by atoms with Crippen LogP contribution in [0.4, 0.5) is 0 Å². The lowest BCUT2D eigenvalue weighted by atomic mass is 10.1. The van der Waals surface area contributed by atoms with Gasteiger partial charge in [-0.2, -0.15) is 0 Å². The van der Waals surface area contributed by atoms with E-state index < -0.39 is 0 Å². The van der Waals surface area contributed by atoms with Crippen LogP contribution in [-0.4, -0.2) is 75.4 Å². The van der Waals surface area contributed by atoms with Gasteiger partial charge in [0.2, 0.25) is 0 Å². The van der Waals surface area contributed by atoms with Crippen LogP contribution in [0.1, 0.15) is 15.9 Å². The Bertz CT molecular complexity index is 815. The van der Waals surface area contributed by atoms with Gasteiger partial charge in [0.05, 0.1) is 26.4 Å². The van der Waals surface area contributed by atoms with E-state index in [0.717, 1.165) is 36.0 Å². The first-order valence-electron chi connectivity index (χ1n) is 10.1. The number of halogens is 1. The second kappa shape index (κ2) is 11.3. The molecule has 2 aromatic rings. The molecule has 1 fully saturated rings. The number of ether oxygens (including phenoxy) is 3. The van der Waals surface area contributed by atoms with Gasteiger partial charge in [0, 0.05) is 50.4 Å². The molecule has 6 nitrogen and oxygen atoms in total. The summed E-state index contributed by atoms with van der Waals surface area (Å²) in [4.78, 5) is 17.2. The molecule has 30 heavy (non-hydrogen) atoms. The Kier molecular flexibility index (Phi) is 8.51. The molecule has 3 rings (SSSR count). The Hall–Kier alpha value is -2.12. The summed E-state index contributed by atoms with van der Waals surface area (Å²) in [5, 5.41) is 0.775. The fourth-order valence-corrected chi connectivity index (χ4v) is 3.74. The third-order valence-corrected chi connectivity index (χ3v) is 5.56. The van der Waals surface area contributed by atoms with Gasteiger partial charge in [-0.05, 0) is 35.9 Å². The minimum atomic E-state index is -0.0692. The number of carbonyl (C=O) groups is 1. The highest BCUT2D eigenvalue weighted by Gasteiger charge is 2.26. The van der Waals surface area contributed by atoms with Crippen LogP contribution in [0.25, 0.3) is 0 Å². The molecule has 1 saturated heterocycles. The van der Waals surface area contributed by atoms with E-state index in [1.54, 1.807) is 43.4 Å². The van der Waals surface area contributed by atoms with Crippen molar-refractivity contribution >= 4 is 17.5 Å². The zero-order valence-electron chi connectivity index (χ0n) is 17.6. The van der Waals surface area contributed by atoms with E-state index in [4.69, 9.17) is 25.8 Å². The first-order chi connectivity index (χ1) is 14.6. The molecule has 1 aliphatic heterocycles. The van der Waals surface area contributed by atoms with Crippen molar-refractivity contribution in [2.45, 2.75) is 12.6 Å². The Morgan fingerprint density at radius 2 is 1.97 bits per heavy atom. The minimum Gasteiger partial charge on any atom is -0.497 e. The summed E-state index contributed by atoms with van der Waals surface area (Å²) in [6.07, 6.45) is -0.0692. The molecule has 0 N–H and O–H groups in total. The number of carbonyl (C=O) groups excluding carboxylic acids is 1. The number of hydrogen-bond donors (Lipinski definition) is 0. The predicted octanol–water partition coefficient (Wildman–Crippen LogP) is 3.34. The van der Waals surface area contributed by atoms with E-state index in [-0.39, 0.29) is 12.0 Å². The summed E-state index contributed by atoms with van der Waals surface area (Å²) in [5.74, 6) is 0.683. The molecule has 0 saturated carbocycles. The van der Waals surface area contributed by atoms with Crippen molar-refractivity contribution in [1.82, 2.24) is 9.80 Å². The molecule has 1 unspecified atom stereocenters. The SMILES string of the molecule is COCCN(CC1CN(Cc2ccccc2Cl)CCO1)C(=O)c1ccc(OC)cc1. The van der Waals surface area contributed by atoms with Crippen LogP contribution < -0.4 is 4.74 Å². The normalized spacial score (nSPS) is 17.0. The van der Waals surface area contributed by atoms with Crippen LogP contribution in [0.3, 0.4) is 0 Å². The van der Waals surface area contributed by atoms with Gasteiger partial charge in [-0.15, -0.1) is 0 Å². The van der Waals surface area contributed by atoms with Crippen LogP contribution in [0, 0.1) is 0 Å². The highest BCUT2D eigenvalue weighted by Crippen LogP contribution is 2.19. The smallest absolute Gasteiger partial charge is 0.254 e. The number of methoxy groups -OCH3 is 2. The first kappa shape index (κ1) is 22.6. The molecule has 7 heteroatoms. The second-order valence-corrected chi connectivity index (χ2v) is 7.70. The van der Waals surface area contributed by atoms with E-state index in [1.807, 2.05) is 24.3 Å². The van der Waals surface area contributed by atoms with E-state index >= 15 is 0 Å². The quantitative estimate of drug-likeness (QED) is 0.608. The maximum atomic E-state index is 13.1. The summed E-state index contributed by atoms with van der Waals surface area (Å²) < 4.78 is 16.4. The van der Waals surface area contributed by atoms with Crippen molar-refractivity contribution in [3.8, 4) is 5.75 Å². The standard InChI is InChI=1S/C23H29ClN2O4/c1-28-13-12-26(23(27)18-7-9-20(29-2)10-8-18)17-21-16-25(11-14-30-21)15-19-5-3-4-6-22(19)24/h3-10,21H,11-17H2,1-2H3. The topological polar surface area (TPSA) is 51.2 Å². The molecule has 2 aromatic carbocycles. The van der Waals surface area contributed by atoms with Gasteiger partial charge >= 0.3 is 0 Å². The fourth-order valence-electron chi connectivity index (χ4n) is 3.54. The lowest BCUT2D eigenvalue weighted by Crippen LogP contribution is -2.49. The van der Waals surface area contributed by atoms with Gasteiger partial charge in [0.15, 0.2) is 0 Å². The third kappa shape index (κ3) is 6.19. The summed E-state index contributed by atoms with van der Waals surface area (Å²) >= 11 is 6.32. The van der Waals surface area contributed by atoms with Gasteiger partial charge < -0.3 is 19.1 Å². The van der Waals surface area contributed by atoms with Crippen molar-refractivity contribution in [3.63, 3.8) is 0 Å². The molecule has 162 valence electrons. The average molecular weight is 433 g/mol. The average Bonchev–Trinajstić information content (AvgIpc) is 2.78. The molecule has 0 spiro atoms. The first-order valence-corrected chi connectivity index (χ1v) is 10.5. The van der Waals surface area contributed by atoms with E-state index in [2.05, 4.69) is 4.90 Å². The molecule has 0 aliphatic carbocycles. The maximum Gasteiger partial charge on any atom is 0.254 e. The van der Waals surface area contributed by atoms with E-state index in [0.29, 0.717) is 31.9 Å². The summed E-state index contributed by atoms with van der Waals surface area (Å²) in [7, 11) is 3.25. The van der Waals surface area contributed by atoms with Crippen LogP contribution >= 0.6 is 11.6 Å². The van der Waals surface area contributed by atoms with Crippen molar-refractivity contribution in [2.24, 2.45) is 0 Å². The largest absolute Gasteiger partial charge is 0.497 e. The van der Waals surface area contributed by atoms with Crippen LogP contribution in [0.15, 0.2) is 48.5 Å². The van der Waals surface area contributed by atoms with E-state index in [1.165, 1.54) is 0 Å². The molecule has 1 heterocycles. The van der Waals surface area contributed by atoms with Crippen molar-refractivity contribution < 1.29 is 19.0 Å². The molecule has 1 atom stereocenters. The molecule has 0 aromatic heterocycles. The lowest BCUT2D eigenvalue weighted by molar-refractivity contribution is -0.0444. The Labute approximate surface area is 183 Å². The second-order valence-electron chi connectivity index (χ2n) is 7.29. The zero-order chi connectivity index (χ0) is 21.3. The minimum absolute atomic E-state index is 0.0402. The summed E-state index contributed by atoms with van der Waals surface area (Å²) in [6.45, 7) is 4.46. The number of morpholine rings is 1. The fraction of sp³-hybridized carbons (Fsp3) is 0.435. The molecule has 0 radical (unpaired) electrons. The van der Waals surface area contributed by atoms with Gasteiger partial charge in [-0.25, -0.2) is 0 Å². The molecule has 0 bridgehead atoms. The van der Waals surface area contributed by atoms with Gasteiger partial charge in [-0.3, -0.25) is 9.69 Å². The summed E-state index contributed by atoms with van der Waals surface area (Å²) in [5.41, 5.74) is 1.72. The molecule has 1 amide bonds. The monoisotopic (exact) mass is 432 g/mol. The third-order valence-electron chi connectivity index (χ3n) is 5.19. The summed E-state index contributed by atoms with van der Waals surface area (Å²) in [6, 6.07) is 15.1. The zero-order valence-corrected chi connectivity index (χ0v) is 18.3. The number of rotatable bonds is 9. The molecule has 1 aliphatic rings. The van der Waals surface area contributed by atoms with Gasteiger partial charge in [0.1, 0.15) is 5.75 Å². The van der Waals surface area contributed by atoms with Crippen LogP contribution in [0.5, 0.6) is 5.75 Å². The molecular weight excluding hydrogens is 404 g/mol. The van der Waals surface area contributed by atoms with E-state index in [9.17, 15) is 4.79 Å². The number of hydrogen-bond acceptors (Lipinski definition) is 5. The predicted molar refractivity (Wildman–Crippen MR) is 117 cm³/mol. The lowest BCUT2D eigenvalue weighted by Gasteiger charge is -2.36. The Balaban J connectivity index is 1.64. The highest BCUT2D eigenvalue weighted by molar-refractivity contribution is 6.31. The van der Waals surface area contributed by atoms with Gasteiger partial charge in [-0.1, -0.05) is 29.8 Å². The maximum absolute atomic E-state index is 13.1. The highest BCUT2D eigenvalue weighted by atomic mass is 35.5. The number of nitrogens with zero attached hydrogens (tertiary/aromatic N) is 2.